The molecule has 2 N–H and O–H groups in total. The van der Waals surface area contributed by atoms with E-state index < -0.39 is 10.0 Å². The van der Waals surface area contributed by atoms with Gasteiger partial charge in [-0.15, -0.1) is 0 Å². The number of nitrogens with one attached hydrogen (secondary N) is 2. The first-order chi connectivity index (χ1) is 14.4. The Balaban J connectivity index is 1.89. The Bertz CT molecular complexity index is 1020. The molecule has 0 unspecified atom stereocenters. The molecule has 3 rings (SSSR count). The van der Waals surface area contributed by atoms with Crippen LogP contribution in [0.3, 0.4) is 0 Å². The van der Waals surface area contributed by atoms with Gasteiger partial charge in [0.05, 0.1) is 17.6 Å². The minimum Gasteiger partial charge on any atom is -0.496 e. The molecule has 30 heavy (non-hydrogen) atoms. The van der Waals surface area contributed by atoms with Crippen molar-refractivity contribution in [2.45, 2.75) is 56.9 Å². The number of methoxy groups -OCH3 is 1. The molecule has 1 aliphatic carbocycles. The number of carbonyl (C=O) groups excluding carboxylic acids is 1. The van der Waals surface area contributed by atoms with Crippen molar-refractivity contribution in [2.75, 3.05) is 13.7 Å². The van der Waals surface area contributed by atoms with Crippen LogP contribution >= 0.6 is 0 Å². The smallest absolute Gasteiger partial charge is 0.255 e. The molecule has 2 aromatic carbocycles. The SMILES string of the molecule is CCNC(=O)c1cc(S(=O)(=O)N[C@@H](CC)c2ccc3c(c2)CCCC3)ccc1OC. The molecule has 0 saturated heterocycles. The van der Waals surface area contributed by atoms with E-state index in [9.17, 15) is 13.2 Å². The number of carbonyl (C=O) groups is 1. The highest BCUT2D eigenvalue weighted by molar-refractivity contribution is 7.89. The third-order valence-corrected chi connectivity index (χ3v) is 7.01. The van der Waals surface area contributed by atoms with Crippen molar-refractivity contribution in [1.82, 2.24) is 10.0 Å². The molecule has 1 aliphatic rings. The van der Waals surface area contributed by atoms with Gasteiger partial charge in [0.15, 0.2) is 0 Å². The highest BCUT2D eigenvalue weighted by atomic mass is 32.2. The summed E-state index contributed by atoms with van der Waals surface area (Å²) in [4.78, 5) is 12.4. The lowest BCUT2D eigenvalue weighted by atomic mass is 9.89. The van der Waals surface area contributed by atoms with Gasteiger partial charge in [-0.3, -0.25) is 4.79 Å². The zero-order valence-electron chi connectivity index (χ0n) is 17.8. The molecule has 0 bridgehead atoms. The van der Waals surface area contributed by atoms with Crippen molar-refractivity contribution < 1.29 is 17.9 Å². The maximum Gasteiger partial charge on any atom is 0.255 e. The monoisotopic (exact) mass is 430 g/mol. The number of ether oxygens (including phenoxy) is 1. The van der Waals surface area contributed by atoms with Gasteiger partial charge in [-0.2, -0.15) is 0 Å². The molecular formula is C23H30N2O4S. The van der Waals surface area contributed by atoms with Gasteiger partial charge >= 0.3 is 0 Å². The summed E-state index contributed by atoms with van der Waals surface area (Å²) in [6, 6.07) is 10.3. The Morgan fingerprint density at radius 1 is 1.07 bits per heavy atom. The molecule has 0 saturated carbocycles. The second-order valence-corrected chi connectivity index (χ2v) is 9.25. The van der Waals surface area contributed by atoms with Crippen LogP contribution in [0.15, 0.2) is 41.3 Å². The van der Waals surface area contributed by atoms with Crippen LogP contribution in [0.4, 0.5) is 0 Å². The number of hydrogen-bond donors (Lipinski definition) is 2. The fourth-order valence-corrected chi connectivity index (χ4v) is 5.23. The van der Waals surface area contributed by atoms with Gasteiger partial charge in [-0.05, 0) is 73.9 Å². The lowest BCUT2D eigenvalue weighted by Gasteiger charge is -2.22. The zero-order chi connectivity index (χ0) is 21.7. The number of benzene rings is 2. The summed E-state index contributed by atoms with van der Waals surface area (Å²) in [5.74, 6) is -0.0326. The summed E-state index contributed by atoms with van der Waals surface area (Å²) < 4.78 is 34.3. The second-order valence-electron chi connectivity index (χ2n) is 7.54. The van der Waals surface area contributed by atoms with Crippen LogP contribution < -0.4 is 14.8 Å². The fraction of sp³-hybridized carbons (Fsp3) is 0.435. The Hall–Kier alpha value is -2.38. The minimum atomic E-state index is -3.82. The number of fused-ring (bicyclic) bond motifs is 1. The maximum absolute atomic E-state index is 13.1. The lowest BCUT2D eigenvalue weighted by Crippen LogP contribution is -2.29. The van der Waals surface area contributed by atoms with Crippen LogP contribution in [0.5, 0.6) is 5.75 Å². The largest absolute Gasteiger partial charge is 0.496 e. The highest BCUT2D eigenvalue weighted by Crippen LogP contribution is 2.28. The van der Waals surface area contributed by atoms with Gasteiger partial charge in [0, 0.05) is 12.6 Å². The van der Waals surface area contributed by atoms with E-state index in [0.717, 1.165) is 18.4 Å². The molecule has 1 atom stereocenters. The summed E-state index contributed by atoms with van der Waals surface area (Å²) in [5.41, 5.74) is 3.85. The molecule has 0 radical (unpaired) electrons. The highest BCUT2D eigenvalue weighted by Gasteiger charge is 2.24. The standard InChI is InChI=1S/C23H30N2O4S/c1-4-21(18-11-10-16-8-6-7-9-17(16)14-18)25-30(27,28)19-12-13-22(29-3)20(15-19)23(26)24-5-2/h10-15,21,25H,4-9H2,1-3H3,(H,24,26)/t21-/m0/s1. The van der Waals surface area contributed by atoms with E-state index in [1.807, 2.05) is 13.0 Å². The molecule has 0 spiro atoms. The van der Waals surface area contributed by atoms with Gasteiger partial charge in [0.25, 0.3) is 5.91 Å². The average molecular weight is 431 g/mol. The van der Waals surface area contributed by atoms with Crippen LogP contribution in [-0.4, -0.2) is 28.0 Å². The normalized spacial score (nSPS) is 14.6. The van der Waals surface area contributed by atoms with E-state index >= 15 is 0 Å². The van der Waals surface area contributed by atoms with Crippen molar-refractivity contribution in [2.24, 2.45) is 0 Å². The van der Waals surface area contributed by atoms with E-state index in [2.05, 4.69) is 22.2 Å². The zero-order valence-corrected chi connectivity index (χ0v) is 18.6. The Morgan fingerprint density at radius 2 is 1.80 bits per heavy atom. The number of amides is 1. The molecule has 0 aromatic heterocycles. The van der Waals surface area contributed by atoms with Gasteiger partial charge in [-0.25, -0.2) is 13.1 Å². The lowest BCUT2D eigenvalue weighted by molar-refractivity contribution is 0.0952. The van der Waals surface area contributed by atoms with Gasteiger partial charge in [0.2, 0.25) is 10.0 Å². The molecule has 1 amide bonds. The Morgan fingerprint density at radius 3 is 2.47 bits per heavy atom. The van der Waals surface area contributed by atoms with Crippen molar-refractivity contribution in [3.8, 4) is 5.75 Å². The van der Waals surface area contributed by atoms with Crippen LogP contribution in [-0.2, 0) is 22.9 Å². The topological polar surface area (TPSA) is 84.5 Å². The van der Waals surface area contributed by atoms with E-state index in [1.54, 1.807) is 6.92 Å². The van der Waals surface area contributed by atoms with Crippen LogP contribution in [0, 0.1) is 0 Å². The van der Waals surface area contributed by atoms with E-state index in [1.165, 1.54) is 49.3 Å². The summed E-state index contributed by atoms with van der Waals surface area (Å²) in [5, 5.41) is 2.69. The summed E-state index contributed by atoms with van der Waals surface area (Å²) in [6.07, 6.45) is 5.14. The summed E-state index contributed by atoms with van der Waals surface area (Å²) in [7, 11) is -2.37. The molecule has 2 aromatic rings. The number of rotatable bonds is 8. The molecule has 6 nitrogen and oxygen atoms in total. The van der Waals surface area contributed by atoms with E-state index in [-0.39, 0.29) is 22.4 Å². The summed E-state index contributed by atoms with van der Waals surface area (Å²) >= 11 is 0. The van der Waals surface area contributed by atoms with Crippen LogP contribution in [0.2, 0.25) is 0 Å². The number of sulfonamides is 1. The van der Waals surface area contributed by atoms with Gasteiger partial charge in [-0.1, -0.05) is 25.1 Å². The molecule has 162 valence electrons. The first kappa shape index (κ1) is 22.3. The predicted molar refractivity (Wildman–Crippen MR) is 117 cm³/mol. The molecular weight excluding hydrogens is 400 g/mol. The molecule has 0 aliphatic heterocycles. The van der Waals surface area contributed by atoms with Gasteiger partial charge < -0.3 is 10.1 Å². The Kier molecular flexibility index (Phi) is 7.15. The molecule has 0 heterocycles. The number of hydrogen-bond acceptors (Lipinski definition) is 4. The van der Waals surface area contributed by atoms with Crippen molar-refractivity contribution in [3.05, 3.63) is 58.7 Å². The maximum atomic E-state index is 13.1. The third-order valence-electron chi connectivity index (χ3n) is 5.54. The predicted octanol–water partition coefficient (Wildman–Crippen LogP) is 3.75. The minimum absolute atomic E-state index is 0.0426. The number of aryl methyl sites for hydroxylation is 2. The third kappa shape index (κ3) is 4.84. The van der Waals surface area contributed by atoms with Crippen LogP contribution in [0.1, 0.15) is 66.2 Å². The van der Waals surface area contributed by atoms with Crippen molar-refractivity contribution in [3.63, 3.8) is 0 Å². The second kappa shape index (κ2) is 9.62. The Labute approximate surface area is 179 Å². The molecule has 0 fully saturated rings. The van der Waals surface area contributed by atoms with Crippen LogP contribution in [0.25, 0.3) is 0 Å². The first-order valence-corrected chi connectivity index (χ1v) is 12.0. The van der Waals surface area contributed by atoms with E-state index in [4.69, 9.17) is 4.74 Å². The van der Waals surface area contributed by atoms with E-state index in [0.29, 0.717) is 18.7 Å². The average Bonchev–Trinajstić information content (AvgIpc) is 2.76. The van der Waals surface area contributed by atoms with Crippen molar-refractivity contribution in [1.29, 1.82) is 0 Å². The van der Waals surface area contributed by atoms with Crippen molar-refractivity contribution >= 4 is 15.9 Å². The van der Waals surface area contributed by atoms with Gasteiger partial charge in [0.1, 0.15) is 5.75 Å². The summed E-state index contributed by atoms with van der Waals surface area (Å²) in [6.45, 7) is 4.20. The first-order valence-electron chi connectivity index (χ1n) is 10.5. The fourth-order valence-electron chi connectivity index (χ4n) is 3.90. The molecule has 7 heteroatoms. The quantitative estimate of drug-likeness (QED) is 0.668.